The second-order valence-corrected chi connectivity index (χ2v) is 2.99. The van der Waals surface area contributed by atoms with Crippen LogP contribution in [0, 0.1) is 0 Å². The van der Waals surface area contributed by atoms with Crippen LogP contribution in [0.4, 0.5) is 11.4 Å². The predicted molar refractivity (Wildman–Crippen MR) is 55.7 cm³/mol. The minimum Gasteiger partial charge on any atom is -0.399 e. The molecule has 0 aliphatic heterocycles. The molecule has 72 valence electrons. The van der Waals surface area contributed by atoms with Gasteiger partial charge in [-0.1, -0.05) is 12.1 Å². The second kappa shape index (κ2) is 2.95. The molecule has 0 fully saturated rings. The number of aromatic nitrogens is 2. The van der Waals surface area contributed by atoms with Crippen LogP contribution in [0.2, 0.25) is 0 Å². The highest BCUT2D eigenvalue weighted by molar-refractivity contribution is 5.72. The Bertz CT molecular complexity index is 494. The summed E-state index contributed by atoms with van der Waals surface area (Å²) in [5, 5.41) is 5.12. The molecule has 0 unspecified atom stereocenters. The number of aromatic amines is 2. The molecule has 0 spiro atoms. The molecule has 1 aromatic carbocycles. The van der Waals surface area contributed by atoms with E-state index in [9.17, 15) is 4.79 Å². The zero-order valence-corrected chi connectivity index (χ0v) is 7.37. The number of benzene rings is 1. The van der Waals surface area contributed by atoms with Gasteiger partial charge in [0.1, 0.15) is 5.69 Å². The Morgan fingerprint density at radius 3 is 2.14 bits per heavy atom. The molecule has 14 heavy (non-hydrogen) atoms. The van der Waals surface area contributed by atoms with Crippen LogP contribution >= 0.6 is 0 Å². The van der Waals surface area contributed by atoms with Crippen LogP contribution in [0.3, 0.4) is 0 Å². The van der Waals surface area contributed by atoms with Crippen molar-refractivity contribution in [3.63, 3.8) is 0 Å². The van der Waals surface area contributed by atoms with Gasteiger partial charge in [-0.15, -0.1) is 0 Å². The van der Waals surface area contributed by atoms with Gasteiger partial charge in [-0.3, -0.25) is 15.0 Å². The molecule has 0 aliphatic rings. The van der Waals surface area contributed by atoms with Crippen LogP contribution in [0.15, 0.2) is 29.1 Å². The minimum atomic E-state index is -0.308. The van der Waals surface area contributed by atoms with E-state index in [0.29, 0.717) is 11.4 Å². The van der Waals surface area contributed by atoms with E-state index in [1.54, 1.807) is 24.3 Å². The highest BCUT2D eigenvalue weighted by atomic mass is 16.1. The summed E-state index contributed by atoms with van der Waals surface area (Å²) in [6.45, 7) is 0. The molecule has 0 bridgehead atoms. The van der Waals surface area contributed by atoms with E-state index < -0.39 is 0 Å². The molecule has 0 radical (unpaired) electrons. The summed E-state index contributed by atoms with van der Waals surface area (Å²) < 4.78 is 0. The molecule has 1 aromatic heterocycles. The minimum absolute atomic E-state index is 0.190. The van der Waals surface area contributed by atoms with E-state index >= 15 is 0 Å². The Hall–Kier alpha value is -2.17. The van der Waals surface area contributed by atoms with Gasteiger partial charge in [0.2, 0.25) is 0 Å². The van der Waals surface area contributed by atoms with E-state index in [-0.39, 0.29) is 11.2 Å². The van der Waals surface area contributed by atoms with E-state index in [1.807, 2.05) is 0 Å². The first-order chi connectivity index (χ1) is 6.68. The topological polar surface area (TPSA) is 101 Å². The molecular weight excluding hydrogens is 180 g/mol. The van der Waals surface area contributed by atoms with Crippen molar-refractivity contribution < 1.29 is 0 Å². The fraction of sp³-hybridized carbons (Fsp3) is 0. The first-order valence-electron chi connectivity index (χ1n) is 4.10. The lowest BCUT2D eigenvalue weighted by atomic mass is 10.1. The molecule has 2 aromatic rings. The van der Waals surface area contributed by atoms with E-state index in [2.05, 4.69) is 10.2 Å². The smallest absolute Gasteiger partial charge is 0.287 e. The maximum Gasteiger partial charge on any atom is 0.287 e. The van der Waals surface area contributed by atoms with E-state index in [0.717, 1.165) is 5.56 Å². The molecule has 5 nitrogen and oxygen atoms in total. The van der Waals surface area contributed by atoms with Crippen molar-refractivity contribution in [1.29, 1.82) is 0 Å². The van der Waals surface area contributed by atoms with Crippen molar-refractivity contribution in [3.05, 3.63) is 34.6 Å². The monoisotopic (exact) mass is 190 g/mol. The van der Waals surface area contributed by atoms with E-state index in [4.69, 9.17) is 11.5 Å². The summed E-state index contributed by atoms with van der Waals surface area (Å²) >= 11 is 0. The Morgan fingerprint density at radius 2 is 1.64 bits per heavy atom. The van der Waals surface area contributed by atoms with E-state index in [1.165, 1.54) is 0 Å². The summed E-state index contributed by atoms with van der Waals surface area (Å²) in [6, 6.07) is 7.09. The Morgan fingerprint density at radius 1 is 1.00 bits per heavy atom. The lowest BCUT2D eigenvalue weighted by molar-refractivity contribution is 1.06. The average Bonchev–Trinajstić information content (AvgIpc) is 2.50. The van der Waals surface area contributed by atoms with Gasteiger partial charge in [0.05, 0.1) is 5.69 Å². The summed E-state index contributed by atoms with van der Waals surface area (Å²) in [5.74, 6) is 0. The van der Waals surface area contributed by atoms with Crippen LogP contribution in [0.5, 0.6) is 0 Å². The molecule has 0 saturated carbocycles. The van der Waals surface area contributed by atoms with Gasteiger partial charge in [0.25, 0.3) is 5.56 Å². The molecule has 0 amide bonds. The molecule has 6 N–H and O–H groups in total. The first kappa shape index (κ1) is 8.43. The van der Waals surface area contributed by atoms with Gasteiger partial charge in [-0.2, -0.15) is 0 Å². The number of rotatable bonds is 1. The summed E-state index contributed by atoms with van der Waals surface area (Å²) in [6.07, 6.45) is 0. The number of hydrogen-bond donors (Lipinski definition) is 4. The normalized spacial score (nSPS) is 10.3. The Kier molecular flexibility index (Phi) is 1.78. The SMILES string of the molecule is Nc1ccc(-c2[nH][nH]c(=O)c2N)cc1. The van der Waals surface area contributed by atoms with Crippen molar-refractivity contribution >= 4 is 11.4 Å². The largest absolute Gasteiger partial charge is 0.399 e. The number of H-pyrrole nitrogens is 2. The molecule has 5 heteroatoms. The maximum atomic E-state index is 11.0. The summed E-state index contributed by atoms with van der Waals surface area (Å²) in [7, 11) is 0. The third kappa shape index (κ3) is 1.24. The first-order valence-corrected chi connectivity index (χ1v) is 4.10. The highest BCUT2D eigenvalue weighted by Gasteiger charge is 2.06. The van der Waals surface area contributed by atoms with Gasteiger partial charge in [0.15, 0.2) is 0 Å². The van der Waals surface area contributed by atoms with Crippen LogP contribution < -0.4 is 17.0 Å². The Labute approximate surface area is 79.7 Å². The number of hydrogen-bond acceptors (Lipinski definition) is 3. The standard InChI is InChI=1S/C9H10N4O/c10-6-3-1-5(2-4-6)8-7(11)9(14)13-12-8/h1-4H,10-11H2,(H2,12,13,14). The van der Waals surface area contributed by atoms with Crippen LogP contribution in [0.1, 0.15) is 0 Å². The molecule has 2 rings (SSSR count). The summed E-state index contributed by atoms with van der Waals surface area (Å²) in [5.41, 5.74) is 13.1. The zero-order chi connectivity index (χ0) is 10.1. The van der Waals surface area contributed by atoms with Gasteiger partial charge in [-0.05, 0) is 12.1 Å². The maximum absolute atomic E-state index is 11.0. The Balaban J connectivity index is 2.55. The fourth-order valence-electron chi connectivity index (χ4n) is 1.24. The molecule has 0 aliphatic carbocycles. The third-order valence-electron chi connectivity index (χ3n) is 2.01. The van der Waals surface area contributed by atoms with Crippen LogP contribution in [-0.2, 0) is 0 Å². The number of nitrogen functional groups attached to an aromatic ring is 2. The highest BCUT2D eigenvalue weighted by Crippen LogP contribution is 2.20. The quantitative estimate of drug-likeness (QED) is 0.493. The number of nitrogens with one attached hydrogen (secondary N) is 2. The third-order valence-corrected chi connectivity index (χ3v) is 2.01. The van der Waals surface area contributed by atoms with Gasteiger partial charge >= 0.3 is 0 Å². The average molecular weight is 190 g/mol. The van der Waals surface area contributed by atoms with Crippen LogP contribution in [-0.4, -0.2) is 10.2 Å². The van der Waals surface area contributed by atoms with Crippen molar-refractivity contribution in [2.24, 2.45) is 0 Å². The van der Waals surface area contributed by atoms with Crippen molar-refractivity contribution in [3.8, 4) is 11.3 Å². The van der Waals surface area contributed by atoms with Gasteiger partial charge < -0.3 is 11.5 Å². The second-order valence-electron chi connectivity index (χ2n) is 2.99. The molecule has 1 heterocycles. The van der Waals surface area contributed by atoms with Gasteiger partial charge in [0, 0.05) is 11.3 Å². The van der Waals surface area contributed by atoms with Crippen molar-refractivity contribution in [1.82, 2.24) is 10.2 Å². The zero-order valence-electron chi connectivity index (χ0n) is 7.37. The molecule has 0 saturated heterocycles. The van der Waals surface area contributed by atoms with Crippen LogP contribution in [0.25, 0.3) is 11.3 Å². The number of nitrogens with two attached hydrogens (primary N) is 2. The lowest BCUT2D eigenvalue weighted by Crippen LogP contribution is -2.04. The molecular formula is C9H10N4O. The molecule has 0 atom stereocenters. The fourth-order valence-corrected chi connectivity index (χ4v) is 1.24. The van der Waals surface area contributed by atoms with Gasteiger partial charge in [-0.25, -0.2) is 0 Å². The predicted octanol–water partition coefficient (Wildman–Crippen LogP) is 0.534. The van der Waals surface area contributed by atoms with Crippen molar-refractivity contribution in [2.45, 2.75) is 0 Å². The number of anilines is 2. The van der Waals surface area contributed by atoms with Crippen molar-refractivity contribution in [2.75, 3.05) is 11.5 Å². The lowest BCUT2D eigenvalue weighted by Gasteiger charge is -1.99. The summed E-state index contributed by atoms with van der Waals surface area (Å²) in [4.78, 5) is 11.0.